The summed E-state index contributed by atoms with van der Waals surface area (Å²) in [6.07, 6.45) is 2.44. The number of esters is 1. The van der Waals surface area contributed by atoms with Gasteiger partial charge in [0.05, 0.1) is 19.8 Å². The number of aliphatic hydroxyl groups is 8. The molecule has 2 heterocycles. The summed E-state index contributed by atoms with van der Waals surface area (Å²) in [6, 6.07) is 0. The van der Waals surface area contributed by atoms with Crippen LogP contribution in [0.4, 0.5) is 0 Å². The minimum absolute atomic E-state index is 0.204. The van der Waals surface area contributed by atoms with E-state index in [0.29, 0.717) is 6.42 Å². The molecule has 2 rings (SSSR count). The van der Waals surface area contributed by atoms with Crippen molar-refractivity contribution in [3.05, 3.63) is 36.5 Å². The Morgan fingerprint density at radius 1 is 0.711 bits per heavy atom. The molecule has 2 aliphatic rings. The second-order valence-electron chi connectivity index (χ2n) is 11.1. The first-order valence-corrected chi connectivity index (χ1v) is 15.6. The molecule has 45 heavy (non-hydrogen) atoms. The van der Waals surface area contributed by atoms with Crippen LogP contribution in [0.1, 0.15) is 58.3 Å². The SMILES string of the molecule is CCC=CCC=CCC=CCCCCCC(=O)OCC(O)COC1OC(COC2OC(CO)C(O)C(O)C2O)C(O)C(O)C1O. The van der Waals surface area contributed by atoms with Gasteiger partial charge in [0, 0.05) is 6.42 Å². The van der Waals surface area contributed by atoms with Gasteiger partial charge in [0.25, 0.3) is 0 Å². The Morgan fingerprint density at radius 3 is 1.93 bits per heavy atom. The topological polar surface area (TPSA) is 225 Å². The molecular weight excluding hydrogens is 596 g/mol. The third-order valence-corrected chi connectivity index (χ3v) is 7.36. The van der Waals surface area contributed by atoms with E-state index in [1.54, 1.807) is 0 Å². The second kappa shape index (κ2) is 21.9. The molecule has 0 aliphatic carbocycles. The predicted octanol–water partition coefficient (Wildman–Crippen LogP) is -0.659. The Kier molecular flexibility index (Phi) is 19.2. The zero-order valence-corrected chi connectivity index (χ0v) is 25.8. The molecule has 2 fully saturated rings. The average molecular weight is 649 g/mol. The van der Waals surface area contributed by atoms with Crippen LogP contribution in [0, 0.1) is 0 Å². The number of unbranched alkanes of at least 4 members (excludes halogenated alkanes) is 3. The minimum atomic E-state index is -1.73. The van der Waals surface area contributed by atoms with Crippen LogP contribution < -0.4 is 0 Å². The van der Waals surface area contributed by atoms with Gasteiger partial charge in [0.1, 0.15) is 61.5 Å². The second-order valence-corrected chi connectivity index (χ2v) is 11.1. The van der Waals surface area contributed by atoms with E-state index in [0.717, 1.165) is 38.5 Å². The molecule has 0 aromatic rings. The molecule has 0 saturated carbocycles. The highest BCUT2D eigenvalue weighted by Gasteiger charge is 2.47. The number of hydrogen-bond donors (Lipinski definition) is 8. The van der Waals surface area contributed by atoms with Gasteiger partial charge in [0.2, 0.25) is 0 Å². The lowest BCUT2D eigenvalue weighted by Crippen LogP contribution is -2.61. The molecule has 2 saturated heterocycles. The standard InChI is InChI=1S/C31H52O14/c1-2-3-4-5-6-7-8-9-10-11-12-13-14-15-23(34)41-17-20(33)18-42-30-29(40)27(38)25(36)22(45-30)19-43-31-28(39)26(37)24(35)21(16-32)44-31/h3-4,6-7,9-10,20-22,24-33,35-40H,2,5,8,11-19H2,1H3. The smallest absolute Gasteiger partial charge is 0.305 e. The van der Waals surface area contributed by atoms with Crippen molar-refractivity contribution >= 4 is 5.97 Å². The van der Waals surface area contributed by atoms with E-state index < -0.39 is 93.3 Å². The number of carbonyl (C=O) groups excluding carboxylic acids is 1. The number of aliphatic hydroxyl groups excluding tert-OH is 8. The van der Waals surface area contributed by atoms with Gasteiger partial charge in [-0.25, -0.2) is 0 Å². The van der Waals surface area contributed by atoms with Crippen molar-refractivity contribution < 1.29 is 69.3 Å². The van der Waals surface area contributed by atoms with E-state index >= 15 is 0 Å². The molecule has 260 valence electrons. The number of allylic oxidation sites excluding steroid dienone is 6. The summed E-state index contributed by atoms with van der Waals surface area (Å²) in [5.74, 6) is -0.468. The number of rotatable bonds is 20. The van der Waals surface area contributed by atoms with Crippen LogP contribution in [0.5, 0.6) is 0 Å². The highest BCUT2D eigenvalue weighted by Crippen LogP contribution is 2.26. The van der Waals surface area contributed by atoms with Crippen LogP contribution >= 0.6 is 0 Å². The van der Waals surface area contributed by atoms with Gasteiger partial charge in [-0.1, -0.05) is 49.8 Å². The summed E-state index contributed by atoms with van der Waals surface area (Å²) in [4.78, 5) is 12.0. The van der Waals surface area contributed by atoms with Crippen LogP contribution in [-0.2, 0) is 28.5 Å². The predicted molar refractivity (Wildman–Crippen MR) is 159 cm³/mol. The van der Waals surface area contributed by atoms with Crippen LogP contribution in [0.2, 0.25) is 0 Å². The normalized spacial score (nSPS) is 33.4. The summed E-state index contributed by atoms with van der Waals surface area (Å²) in [6.45, 7) is 0.128. The number of hydrogen-bond acceptors (Lipinski definition) is 14. The first-order valence-electron chi connectivity index (χ1n) is 15.6. The lowest BCUT2D eigenvalue weighted by atomic mass is 9.98. The third-order valence-electron chi connectivity index (χ3n) is 7.36. The molecule has 0 radical (unpaired) electrons. The maximum Gasteiger partial charge on any atom is 0.305 e. The van der Waals surface area contributed by atoms with Gasteiger partial charge in [-0.05, 0) is 38.5 Å². The zero-order chi connectivity index (χ0) is 33.2. The summed E-state index contributed by atoms with van der Waals surface area (Å²) in [7, 11) is 0. The fraction of sp³-hybridized carbons (Fsp3) is 0.774. The minimum Gasteiger partial charge on any atom is -0.463 e. The Balaban J connectivity index is 1.64. The van der Waals surface area contributed by atoms with Gasteiger partial charge in [0.15, 0.2) is 12.6 Å². The Labute approximate surface area is 264 Å². The zero-order valence-electron chi connectivity index (χ0n) is 25.8. The first-order chi connectivity index (χ1) is 21.6. The van der Waals surface area contributed by atoms with Crippen molar-refractivity contribution in [3.8, 4) is 0 Å². The maximum absolute atomic E-state index is 12.0. The number of ether oxygens (including phenoxy) is 5. The molecule has 11 atom stereocenters. The van der Waals surface area contributed by atoms with Crippen molar-refractivity contribution in [2.75, 3.05) is 26.4 Å². The van der Waals surface area contributed by atoms with E-state index in [9.17, 15) is 45.6 Å². The monoisotopic (exact) mass is 648 g/mol. The molecule has 2 aliphatic heterocycles. The van der Waals surface area contributed by atoms with E-state index in [4.69, 9.17) is 23.7 Å². The van der Waals surface area contributed by atoms with Gasteiger partial charge in [-0.2, -0.15) is 0 Å². The molecule has 0 aromatic heterocycles. The molecule has 14 heteroatoms. The molecular formula is C31H52O14. The Hall–Kier alpha value is -1.79. The highest BCUT2D eigenvalue weighted by molar-refractivity contribution is 5.69. The fourth-order valence-corrected chi connectivity index (χ4v) is 4.64. The van der Waals surface area contributed by atoms with Crippen LogP contribution in [0.25, 0.3) is 0 Å². The van der Waals surface area contributed by atoms with E-state index in [1.165, 1.54) is 0 Å². The lowest BCUT2D eigenvalue weighted by molar-refractivity contribution is -0.332. The molecule has 0 amide bonds. The summed E-state index contributed by atoms with van der Waals surface area (Å²) in [5.41, 5.74) is 0. The van der Waals surface area contributed by atoms with E-state index in [2.05, 4.69) is 43.4 Å². The van der Waals surface area contributed by atoms with E-state index in [1.807, 2.05) is 0 Å². The van der Waals surface area contributed by atoms with Crippen molar-refractivity contribution in [2.45, 2.75) is 126 Å². The molecule has 0 aromatic carbocycles. The average Bonchev–Trinajstić information content (AvgIpc) is 3.03. The van der Waals surface area contributed by atoms with Gasteiger partial charge in [-0.15, -0.1) is 0 Å². The quantitative estimate of drug-likeness (QED) is 0.0466. The molecule has 0 spiro atoms. The van der Waals surface area contributed by atoms with Crippen LogP contribution in [-0.4, -0.2) is 141 Å². The largest absolute Gasteiger partial charge is 0.463 e. The van der Waals surface area contributed by atoms with Crippen molar-refractivity contribution in [2.24, 2.45) is 0 Å². The third kappa shape index (κ3) is 13.8. The lowest BCUT2D eigenvalue weighted by Gasteiger charge is -2.42. The van der Waals surface area contributed by atoms with Gasteiger partial charge >= 0.3 is 5.97 Å². The molecule has 11 unspecified atom stereocenters. The maximum atomic E-state index is 12.0. The molecule has 0 bridgehead atoms. The molecule has 14 nitrogen and oxygen atoms in total. The summed E-state index contributed by atoms with van der Waals surface area (Å²) in [5, 5.41) is 80.2. The fourth-order valence-electron chi connectivity index (χ4n) is 4.64. The highest BCUT2D eigenvalue weighted by atomic mass is 16.7. The first kappa shape index (κ1) is 39.4. The van der Waals surface area contributed by atoms with E-state index in [-0.39, 0.29) is 13.0 Å². The number of carbonyl (C=O) groups is 1. The summed E-state index contributed by atoms with van der Waals surface area (Å²) >= 11 is 0. The van der Waals surface area contributed by atoms with Crippen molar-refractivity contribution in [1.82, 2.24) is 0 Å². The van der Waals surface area contributed by atoms with Crippen molar-refractivity contribution in [3.63, 3.8) is 0 Å². The van der Waals surface area contributed by atoms with Gasteiger partial charge < -0.3 is 64.5 Å². The molecule has 8 N–H and O–H groups in total. The van der Waals surface area contributed by atoms with Crippen LogP contribution in [0.15, 0.2) is 36.5 Å². The van der Waals surface area contributed by atoms with Gasteiger partial charge in [-0.3, -0.25) is 4.79 Å². The Bertz CT molecular complexity index is 896. The van der Waals surface area contributed by atoms with Crippen LogP contribution in [0.3, 0.4) is 0 Å². The Morgan fingerprint density at radius 2 is 1.29 bits per heavy atom. The van der Waals surface area contributed by atoms with Crippen molar-refractivity contribution in [1.29, 1.82) is 0 Å². The summed E-state index contributed by atoms with van der Waals surface area (Å²) < 4.78 is 26.5.